The van der Waals surface area contributed by atoms with Crippen molar-refractivity contribution in [2.24, 2.45) is 0 Å². The first kappa shape index (κ1) is 10.4. The molecule has 1 N–H and O–H groups in total. The predicted octanol–water partition coefficient (Wildman–Crippen LogP) is 3.71. The molecule has 1 aromatic carbocycles. The monoisotopic (exact) mass is 217 g/mol. The minimum absolute atomic E-state index is 0.434. The molecule has 78 valence electrons. The van der Waals surface area contributed by atoms with Gasteiger partial charge in [0.1, 0.15) is 0 Å². The van der Waals surface area contributed by atoms with Crippen LogP contribution in [0.2, 0.25) is 0 Å². The number of allylic oxidation sites excluding steroid dienone is 2. The second-order valence-electron chi connectivity index (χ2n) is 3.50. The van der Waals surface area contributed by atoms with Gasteiger partial charge >= 0.3 is 0 Å². The van der Waals surface area contributed by atoms with Gasteiger partial charge in [0.2, 0.25) is 0 Å². The van der Waals surface area contributed by atoms with Crippen molar-refractivity contribution >= 4 is 17.4 Å². The fourth-order valence-corrected chi connectivity index (χ4v) is 2.21. The van der Waals surface area contributed by atoms with E-state index in [-0.39, 0.29) is 0 Å². The molecule has 0 fully saturated rings. The maximum Gasteiger partial charge on any atom is 0.0482 e. The summed E-state index contributed by atoms with van der Waals surface area (Å²) >= 11 is 1.78. The molecule has 0 radical (unpaired) electrons. The third kappa shape index (κ3) is 2.66. The number of hydrogen-bond donors (Lipinski definition) is 1. The Labute approximate surface area is 95.3 Å². The molecule has 0 heterocycles. The summed E-state index contributed by atoms with van der Waals surface area (Å²) in [5, 5.41) is 3.54. The van der Waals surface area contributed by atoms with Crippen LogP contribution in [0, 0.1) is 0 Å². The Balaban J connectivity index is 2.09. The smallest absolute Gasteiger partial charge is 0.0482 e. The molecule has 1 atom stereocenters. The summed E-state index contributed by atoms with van der Waals surface area (Å²) in [5.74, 6) is 0. The third-order valence-electron chi connectivity index (χ3n) is 2.43. The Hall–Kier alpha value is -1.15. The fourth-order valence-electron chi connectivity index (χ4n) is 1.65. The largest absolute Gasteiger partial charge is 0.378 e. The summed E-state index contributed by atoms with van der Waals surface area (Å²) in [7, 11) is 0. The highest BCUT2D eigenvalue weighted by Gasteiger charge is 2.06. The van der Waals surface area contributed by atoms with E-state index >= 15 is 0 Å². The number of rotatable bonds is 3. The Morgan fingerprint density at radius 3 is 2.87 bits per heavy atom. The van der Waals surface area contributed by atoms with E-state index < -0.39 is 0 Å². The van der Waals surface area contributed by atoms with Crippen LogP contribution in [0.15, 0.2) is 53.5 Å². The summed E-state index contributed by atoms with van der Waals surface area (Å²) in [5.41, 5.74) is 1.23. The number of benzene rings is 1. The Morgan fingerprint density at radius 2 is 2.13 bits per heavy atom. The minimum Gasteiger partial charge on any atom is -0.378 e. The van der Waals surface area contributed by atoms with E-state index in [1.165, 1.54) is 10.6 Å². The van der Waals surface area contributed by atoms with Crippen molar-refractivity contribution in [1.82, 2.24) is 0 Å². The lowest BCUT2D eigenvalue weighted by Gasteiger charge is -2.18. The zero-order valence-electron chi connectivity index (χ0n) is 8.81. The van der Waals surface area contributed by atoms with E-state index in [4.69, 9.17) is 0 Å². The average Bonchev–Trinajstić information content (AvgIpc) is 2.31. The van der Waals surface area contributed by atoms with Crippen LogP contribution < -0.4 is 5.32 Å². The summed E-state index contributed by atoms with van der Waals surface area (Å²) in [6.07, 6.45) is 11.8. The second kappa shape index (κ2) is 5.08. The van der Waals surface area contributed by atoms with Gasteiger partial charge in [-0.25, -0.2) is 0 Å². The molecule has 0 aliphatic heterocycles. The number of para-hydroxylation sites is 1. The van der Waals surface area contributed by atoms with Crippen molar-refractivity contribution in [3.63, 3.8) is 0 Å². The van der Waals surface area contributed by atoms with Crippen LogP contribution in [0.5, 0.6) is 0 Å². The SMILES string of the molecule is CSc1ccccc1NC1C=CC=CC1. The van der Waals surface area contributed by atoms with E-state index in [0.29, 0.717) is 6.04 Å². The highest BCUT2D eigenvalue weighted by Crippen LogP contribution is 2.26. The molecule has 15 heavy (non-hydrogen) atoms. The summed E-state index contributed by atoms with van der Waals surface area (Å²) < 4.78 is 0. The number of nitrogens with one attached hydrogen (secondary N) is 1. The first-order chi connectivity index (χ1) is 7.40. The minimum atomic E-state index is 0.434. The van der Waals surface area contributed by atoms with Crippen molar-refractivity contribution in [3.8, 4) is 0 Å². The van der Waals surface area contributed by atoms with Gasteiger partial charge in [-0.3, -0.25) is 0 Å². The second-order valence-corrected chi connectivity index (χ2v) is 4.35. The summed E-state index contributed by atoms with van der Waals surface area (Å²) in [6, 6.07) is 8.87. The highest BCUT2D eigenvalue weighted by molar-refractivity contribution is 7.98. The summed E-state index contributed by atoms with van der Waals surface area (Å²) in [6.45, 7) is 0. The normalized spacial score (nSPS) is 19.1. The quantitative estimate of drug-likeness (QED) is 0.775. The van der Waals surface area contributed by atoms with Crippen LogP contribution in [0.4, 0.5) is 5.69 Å². The first-order valence-corrected chi connectivity index (χ1v) is 6.35. The predicted molar refractivity (Wildman–Crippen MR) is 68.5 cm³/mol. The molecule has 0 bridgehead atoms. The van der Waals surface area contributed by atoms with Crippen molar-refractivity contribution in [1.29, 1.82) is 0 Å². The van der Waals surface area contributed by atoms with Gasteiger partial charge in [-0.05, 0) is 24.8 Å². The molecule has 2 rings (SSSR count). The molecule has 1 aliphatic carbocycles. The molecule has 0 saturated heterocycles. The van der Waals surface area contributed by atoms with Crippen LogP contribution in [0.1, 0.15) is 6.42 Å². The van der Waals surface area contributed by atoms with Gasteiger partial charge < -0.3 is 5.32 Å². The number of anilines is 1. The van der Waals surface area contributed by atoms with Gasteiger partial charge in [0.05, 0.1) is 0 Å². The van der Waals surface area contributed by atoms with Crippen LogP contribution in [0.25, 0.3) is 0 Å². The summed E-state index contributed by atoms with van der Waals surface area (Å²) in [4.78, 5) is 1.31. The van der Waals surface area contributed by atoms with Gasteiger partial charge in [0, 0.05) is 16.6 Å². The van der Waals surface area contributed by atoms with Crippen LogP contribution in [-0.4, -0.2) is 12.3 Å². The van der Waals surface area contributed by atoms with Gasteiger partial charge in [0.15, 0.2) is 0 Å². The maximum absolute atomic E-state index is 3.54. The third-order valence-corrected chi connectivity index (χ3v) is 3.22. The Bertz CT molecular complexity index is 382. The standard InChI is InChI=1S/C13H15NS/c1-15-13-10-6-5-9-12(13)14-11-7-3-2-4-8-11/h2-7,9-11,14H,8H2,1H3. The Morgan fingerprint density at radius 1 is 1.27 bits per heavy atom. The van der Waals surface area contributed by atoms with Crippen molar-refractivity contribution in [2.75, 3.05) is 11.6 Å². The molecular formula is C13H15NS. The van der Waals surface area contributed by atoms with E-state index in [1.807, 2.05) is 0 Å². The van der Waals surface area contributed by atoms with E-state index in [2.05, 4.69) is 60.1 Å². The van der Waals surface area contributed by atoms with E-state index in [9.17, 15) is 0 Å². The van der Waals surface area contributed by atoms with Crippen LogP contribution in [-0.2, 0) is 0 Å². The molecule has 0 aromatic heterocycles. The number of thioether (sulfide) groups is 1. The molecule has 1 aromatic rings. The molecule has 1 nitrogen and oxygen atoms in total. The van der Waals surface area contributed by atoms with Crippen molar-refractivity contribution in [2.45, 2.75) is 17.4 Å². The van der Waals surface area contributed by atoms with Gasteiger partial charge in [0.25, 0.3) is 0 Å². The lowest BCUT2D eigenvalue weighted by Crippen LogP contribution is -2.17. The van der Waals surface area contributed by atoms with Crippen LogP contribution in [0.3, 0.4) is 0 Å². The van der Waals surface area contributed by atoms with Crippen LogP contribution >= 0.6 is 11.8 Å². The van der Waals surface area contributed by atoms with E-state index in [1.54, 1.807) is 11.8 Å². The molecule has 0 saturated carbocycles. The topological polar surface area (TPSA) is 12.0 Å². The zero-order valence-corrected chi connectivity index (χ0v) is 9.63. The molecule has 0 amide bonds. The number of hydrogen-bond acceptors (Lipinski definition) is 2. The average molecular weight is 217 g/mol. The molecule has 1 unspecified atom stereocenters. The lowest BCUT2D eigenvalue weighted by atomic mass is 10.1. The van der Waals surface area contributed by atoms with E-state index in [0.717, 1.165) is 6.42 Å². The van der Waals surface area contributed by atoms with Crippen molar-refractivity contribution in [3.05, 3.63) is 48.6 Å². The van der Waals surface area contributed by atoms with Crippen molar-refractivity contribution < 1.29 is 0 Å². The van der Waals surface area contributed by atoms with Gasteiger partial charge in [-0.15, -0.1) is 11.8 Å². The maximum atomic E-state index is 3.54. The highest BCUT2D eigenvalue weighted by atomic mass is 32.2. The lowest BCUT2D eigenvalue weighted by molar-refractivity contribution is 0.879. The fraction of sp³-hybridized carbons (Fsp3) is 0.231. The zero-order chi connectivity index (χ0) is 10.5. The van der Waals surface area contributed by atoms with Gasteiger partial charge in [-0.1, -0.05) is 36.4 Å². The molecular weight excluding hydrogens is 202 g/mol. The Kier molecular flexibility index (Phi) is 3.51. The molecule has 1 aliphatic rings. The van der Waals surface area contributed by atoms with Gasteiger partial charge in [-0.2, -0.15) is 0 Å². The molecule has 2 heteroatoms. The molecule has 0 spiro atoms. The first-order valence-electron chi connectivity index (χ1n) is 5.13.